The summed E-state index contributed by atoms with van der Waals surface area (Å²) < 4.78 is 0. The number of carbonyl (C=O) groups is 4. The minimum absolute atomic E-state index is 0.170. The standard InChI is InChI=1S/C19H12O4/c20-16-12-7-3-1-5-10(12)14(18(16)22)9-15-11-6-2-4-8-13(11)17(21)19(15)23/h1-8,14-15H,9H2. The van der Waals surface area contributed by atoms with Gasteiger partial charge < -0.3 is 0 Å². The summed E-state index contributed by atoms with van der Waals surface area (Å²) in [5, 5.41) is 0. The first-order chi connectivity index (χ1) is 11.1. The summed E-state index contributed by atoms with van der Waals surface area (Å²) in [6.07, 6.45) is 0.170. The van der Waals surface area contributed by atoms with Gasteiger partial charge in [0, 0.05) is 11.1 Å². The third-order valence-electron chi connectivity index (χ3n) is 4.71. The van der Waals surface area contributed by atoms with E-state index < -0.39 is 35.0 Å². The molecular weight excluding hydrogens is 292 g/mol. The number of carbonyl (C=O) groups excluding carboxylic acids is 4. The van der Waals surface area contributed by atoms with Crippen LogP contribution in [0.1, 0.15) is 50.1 Å². The molecule has 0 radical (unpaired) electrons. The average molecular weight is 304 g/mol. The summed E-state index contributed by atoms with van der Waals surface area (Å²) in [5.74, 6) is -3.28. The fourth-order valence-corrected chi connectivity index (χ4v) is 3.58. The third kappa shape index (κ3) is 1.84. The van der Waals surface area contributed by atoms with Crippen molar-refractivity contribution in [2.75, 3.05) is 0 Å². The van der Waals surface area contributed by atoms with Crippen molar-refractivity contribution in [3.63, 3.8) is 0 Å². The quantitative estimate of drug-likeness (QED) is 0.799. The zero-order valence-electron chi connectivity index (χ0n) is 12.1. The van der Waals surface area contributed by atoms with E-state index in [1.54, 1.807) is 48.5 Å². The Balaban J connectivity index is 1.75. The molecule has 2 aliphatic rings. The minimum Gasteiger partial charge on any atom is -0.290 e. The van der Waals surface area contributed by atoms with E-state index in [-0.39, 0.29) is 6.42 Å². The van der Waals surface area contributed by atoms with Crippen molar-refractivity contribution in [2.24, 2.45) is 0 Å². The minimum atomic E-state index is -0.647. The van der Waals surface area contributed by atoms with Gasteiger partial charge in [-0.2, -0.15) is 0 Å². The van der Waals surface area contributed by atoms with Gasteiger partial charge >= 0.3 is 0 Å². The van der Waals surface area contributed by atoms with Crippen LogP contribution in [0.25, 0.3) is 0 Å². The smallest absolute Gasteiger partial charge is 0.229 e. The SMILES string of the molecule is O=C1C(=O)C(CC2C(=O)C(=O)c3ccccc32)c2ccccc21. The van der Waals surface area contributed by atoms with Crippen molar-refractivity contribution in [2.45, 2.75) is 18.3 Å². The van der Waals surface area contributed by atoms with Crippen LogP contribution >= 0.6 is 0 Å². The Morgan fingerprint density at radius 1 is 0.609 bits per heavy atom. The highest BCUT2D eigenvalue weighted by atomic mass is 16.2. The maximum atomic E-state index is 12.3. The number of fused-ring (bicyclic) bond motifs is 2. The average Bonchev–Trinajstić information content (AvgIpc) is 2.97. The molecule has 0 saturated carbocycles. The summed E-state index contributed by atoms with van der Waals surface area (Å²) in [7, 11) is 0. The van der Waals surface area contributed by atoms with Crippen LogP contribution in [0.3, 0.4) is 0 Å². The van der Waals surface area contributed by atoms with E-state index in [1.165, 1.54) is 0 Å². The van der Waals surface area contributed by atoms with Crippen molar-refractivity contribution >= 4 is 23.1 Å². The predicted molar refractivity (Wildman–Crippen MR) is 81.7 cm³/mol. The normalized spacial score (nSPS) is 22.4. The molecule has 4 nitrogen and oxygen atoms in total. The van der Waals surface area contributed by atoms with Crippen LogP contribution in [-0.4, -0.2) is 23.1 Å². The zero-order valence-corrected chi connectivity index (χ0v) is 12.1. The van der Waals surface area contributed by atoms with Gasteiger partial charge in [0.2, 0.25) is 23.1 Å². The largest absolute Gasteiger partial charge is 0.290 e. The van der Waals surface area contributed by atoms with E-state index in [1.807, 2.05) is 0 Å². The number of hydrogen-bond donors (Lipinski definition) is 0. The van der Waals surface area contributed by atoms with Crippen LogP contribution in [0.2, 0.25) is 0 Å². The molecule has 2 aromatic rings. The van der Waals surface area contributed by atoms with Crippen LogP contribution in [0.4, 0.5) is 0 Å². The Bertz CT molecular complexity index is 820. The lowest BCUT2D eigenvalue weighted by Gasteiger charge is -2.14. The molecule has 4 rings (SSSR count). The molecule has 2 aliphatic carbocycles. The van der Waals surface area contributed by atoms with Gasteiger partial charge in [-0.25, -0.2) is 0 Å². The van der Waals surface area contributed by atoms with E-state index >= 15 is 0 Å². The highest BCUT2D eigenvalue weighted by molar-refractivity contribution is 6.50. The van der Waals surface area contributed by atoms with Gasteiger partial charge in [0.1, 0.15) is 0 Å². The number of hydrogen-bond acceptors (Lipinski definition) is 4. The second kappa shape index (κ2) is 4.81. The molecule has 2 atom stereocenters. The summed E-state index contributed by atoms with van der Waals surface area (Å²) >= 11 is 0. The molecule has 0 spiro atoms. The van der Waals surface area contributed by atoms with Gasteiger partial charge in [-0.1, -0.05) is 48.5 Å². The second-order valence-corrected chi connectivity index (χ2v) is 5.90. The molecule has 112 valence electrons. The Morgan fingerprint density at radius 2 is 1.00 bits per heavy atom. The van der Waals surface area contributed by atoms with Gasteiger partial charge in [-0.05, 0) is 17.5 Å². The van der Waals surface area contributed by atoms with Crippen molar-refractivity contribution < 1.29 is 19.2 Å². The highest BCUT2D eigenvalue weighted by Gasteiger charge is 2.44. The molecule has 2 aromatic carbocycles. The fraction of sp³-hybridized carbons (Fsp3) is 0.158. The third-order valence-corrected chi connectivity index (χ3v) is 4.71. The van der Waals surface area contributed by atoms with Crippen molar-refractivity contribution in [1.29, 1.82) is 0 Å². The summed E-state index contributed by atoms with van der Waals surface area (Å²) in [6, 6.07) is 13.7. The molecule has 0 aromatic heterocycles. The van der Waals surface area contributed by atoms with E-state index in [2.05, 4.69) is 0 Å². The predicted octanol–water partition coefficient (Wildman–Crippen LogP) is 2.47. The van der Waals surface area contributed by atoms with Crippen LogP contribution in [-0.2, 0) is 9.59 Å². The first-order valence-corrected chi connectivity index (χ1v) is 7.44. The molecule has 0 heterocycles. The zero-order chi connectivity index (χ0) is 16.1. The van der Waals surface area contributed by atoms with E-state index in [4.69, 9.17) is 0 Å². The molecule has 0 fully saturated rings. The van der Waals surface area contributed by atoms with Crippen molar-refractivity contribution in [1.82, 2.24) is 0 Å². The molecule has 4 heteroatoms. The van der Waals surface area contributed by atoms with Crippen molar-refractivity contribution in [3.8, 4) is 0 Å². The highest BCUT2D eigenvalue weighted by Crippen LogP contribution is 2.41. The van der Waals surface area contributed by atoms with Crippen LogP contribution in [0.5, 0.6) is 0 Å². The van der Waals surface area contributed by atoms with Crippen molar-refractivity contribution in [3.05, 3.63) is 70.8 Å². The second-order valence-electron chi connectivity index (χ2n) is 5.90. The molecule has 0 N–H and O–H groups in total. The fourth-order valence-electron chi connectivity index (χ4n) is 3.58. The van der Waals surface area contributed by atoms with E-state index in [9.17, 15) is 19.2 Å². The number of Topliss-reactive ketones (excluding diaryl/α,β-unsaturated/α-hetero) is 4. The van der Waals surface area contributed by atoms with Gasteiger partial charge in [-0.3, -0.25) is 19.2 Å². The molecule has 0 amide bonds. The molecule has 0 saturated heterocycles. The van der Waals surface area contributed by atoms with Gasteiger partial charge in [-0.15, -0.1) is 0 Å². The Kier molecular flexibility index (Phi) is 2.88. The summed E-state index contributed by atoms with van der Waals surface area (Å²) in [6.45, 7) is 0. The number of ketones is 4. The lowest BCUT2D eigenvalue weighted by molar-refractivity contribution is -0.117. The summed E-state index contributed by atoms with van der Waals surface area (Å²) in [5.41, 5.74) is 2.14. The maximum Gasteiger partial charge on any atom is 0.229 e. The first kappa shape index (κ1) is 13.8. The van der Waals surface area contributed by atoms with E-state index in [0.717, 1.165) is 0 Å². The number of benzene rings is 2. The Hall–Kier alpha value is -2.88. The topological polar surface area (TPSA) is 68.3 Å². The van der Waals surface area contributed by atoms with Gasteiger partial charge in [0.05, 0.1) is 11.8 Å². The lowest BCUT2D eigenvalue weighted by atomic mass is 9.86. The Labute approximate surface area is 132 Å². The molecule has 0 aliphatic heterocycles. The van der Waals surface area contributed by atoms with Gasteiger partial charge in [0.25, 0.3) is 0 Å². The van der Waals surface area contributed by atoms with Crippen LogP contribution < -0.4 is 0 Å². The molecule has 0 bridgehead atoms. The first-order valence-electron chi connectivity index (χ1n) is 7.44. The maximum absolute atomic E-state index is 12.3. The van der Waals surface area contributed by atoms with Crippen LogP contribution in [0.15, 0.2) is 48.5 Å². The Morgan fingerprint density at radius 3 is 1.43 bits per heavy atom. The monoisotopic (exact) mass is 304 g/mol. The van der Waals surface area contributed by atoms with Crippen LogP contribution in [0, 0.1) is 0 Å². The van der Waals surface area contributed by atoms with Gasteiger partial charge in [0.15, 0.2) is 0 Å². The van der Waals surface area contributed by atoms with E-state index in [0.29, 0.717) is 22.3 Å². The molecule has 2 unspecified atom stereocenters. The lowest BCUT2D eigenvalue weighted by Crippen LogP contribution is -2.19. The summed E-state index contributed by atoms with van der Waals surface area (Å²) in [4.78, 5) is 48.8. The number of rotatable bonds is 2. The molecule has 23 heavy (non-hydrogen) atoms. The molecular formula is C19H12O4.